The van der Waals surface area contributed by atoms with Gasteiger partial charge in [0.05, 0.1) is 39.6 Å². The van der Waals surface area contributed by atoms with Crippen LogP contribution in [-0.4, -0.2) is 148 Å². The van der Waals surface area contributed by atoms with Crippen LogP contribution in [0.1, 0.15) is 0 Å². The Balaban J connectivity index is -0.0000000638. The Morgan fingerprint density at radius 1 is 0.429 bits per heavy atom. The van der Waals surface area contributed by atoms with E-state index in [4.69, 9.17) is 30.6 Å². The summed E-state index contributed by atoms with van der Waals surface area (Å²) in [5, 5.41) is 57.9. The summed E-state index contributed by atoms with van der Waals surface area (Å²) in [5.41, 5.74) is 0. The predicted octanol–water partition coefficient (Wildman–Crippen LogP) is -2.23. The van der Waals surface area contributed by atoms with Gasteiger partial charge in [-0.2, -0.15) is 28.2 Å². The summed E-state index contributed by atoms with van der Waals surface area (Å²) in [6.45, 7) is 3.51. The number of hydrogen-bond acceptors (Lipinski definition) is 8. The van der Waals surface area contributed by atoms with Gasteiger partial charge in [-0.15, -0.1) is 0 Å². The molecule has 0 aromatic carbocycles. The van der Waals surface area contributed by atoms with Crippen LogP contribution in [0, 0.1) is 0 Å². The van der Waals surface area contributed by atoms with Gasteiger partial charge >= 0.3 is 0 Å². The first kappa shape index (κ1) is 43.0. The standard InChI is InChI=1S/2C6H15NO3.2C2H6N.2Ti/c2*8-4-1-7(2-5-9)3-6-10;2*1-3-2;;/h2*8-10H,1-6H2;2*1-2H3;;/q;;2*-1;;. The minimum Gasteiger partial charge on any atom is -0.668 e. The third kappa shape index (κ3) is 50.6. The van der Waals surface area contributed by atoms with E-state index in [2.05, 4.69) is 10.6 Å². The molecule has 0 radical (unpaired) electrons. The molecule has 0 aliphatic carbocycles. The maximum Gasteiger partial charge on any atom is 0.0558 e. The van der Waals surface area contributed by atoms with Crippen molar-refractivity contribution in [1.82, 2.24) is 9.80 Å². The molecule has 0 aromatic heterocycles. The van der Waals surface area contributed by atoms with Crippen LogP contribution in [0.5, 0.6) is 0 Å². The topological polar surface area (TPSA) is 156 Å². The average molecular weight is 482 g/mol. The summed E-state index contributed by atoms with van der Waals surface area (Å²) in [4.78, 5) is 3.58. The first-order valence-electron chi connectivity index (χ1n) is 8.58. The summed E-state index contributed by atoms with van der Waals surface area (Å²) in [5.74, 6) is 0. The van der Waals surface area contributed by atoms with E-state index < -0.39 is 0 Å². The molecule has 6 N–H and O–H groups in total. The average Bonchev–Trinajstić information content (AvgIpc) is 2.58. The van der Waals surface area contributed by atoms with Crippen LogP contribution in [0.4, 0.5) is 0 Å². The van der Waals surface area contributed by atoms with E-state index in [0.29, 0.717) is 39.3 Å². The van der Waals surface area contributed by atoms with Gasteiger partial charge in [0, 0.05) is 82.7 Å². The van der Waals surface area contributed by atoms with Gasteiger partial charge in [0.25, 0.3) is 0 Å². The smallest absolute Gasteiger partial charge is 0.0558 e. The van der Waals surface area contributed by atoms with Crippen LogP contribution in [-0.2, 0) is 43.4 Å². The van der Waals surface area contributed by atoms with Crippen LogP contribution in [0.15, 0.2) is 0 Å². The van der Waals surface area contributed by atoms with E-state index in [-0.39, 0.29) is 83.1 Å². The van der Waals surface area contributed by atoms with E-state index >= 15 is 0 Å². The van der Waals surface area contributed by atoms with Gasteiger partial charge in [-0.05, 0) is 0 Å². The summed E-state index contributed by atoms with van der Waals surface area (Å²) in [6.07, 6.45) is 0. The van der Waals surface area contributed by atoms with Gasteiger partial charge in [-0.25, -0.2) is 0 Å². The Bertz CT molecular complexity index is 169. The molecule has 0 spiro atoms. The van der Waals surface area contributed by atoms with E-state index in [1.54, 1.807) is 38.0 Å². The number of hydrogen-bond donors (Lipinski definition) is 6. The molecule has 0 aromatic rings. The van der Waals surface area contributed by atoms with Gasteiger partial charge < -0.3 is 41.3 Å². The molecular formula is C16H42N4O6Ti2-2. The van der Waals surface area contributed by atoms with Crippen molar-refractivity contribution >= 4 is 0 Å². The van der Waals surface area contributed by atoms with Crippen LogP contribution in [0.25, 0.3) is 10.6 Å². The van der Waals surface area contributed by atoms with Crippen LogP contribution >= 0.6 is 0 Å². The second kappa shape index (κ2) is 46.3. The van der Waals surface area contributed by atoms with Crippen LogP contribution in [0.2, 0.25) is 0 Å². The summed E-state index contributed by atoms with van der Waals surface area (Å²) >= 11 is 0. The maximum atomic E-state index is 8.48. The first-order chi connectivity index (χ1) is 12.5. The SMILES string of the molecule is C[N-]C.C[N-]C.OCCN(CCO)CCO.OCCN(CCO)CCO.[Ti].[Ti]. The number of aliphatic hydroxyl groups is 6. The van der Waals surface area contributed by atoms with Crippen molar-refractivity contribution in [3.8, 4) is 0 Å². The van der Waals surface area contributed by atoms with Crippen LogP contribution < -0.4 is 0 Å². The molecule has 0 heterocycles. The molecule has 0 saturated heterocycles. The fourth-order valence-corrected chi connectivity index (χ4v) is 1.52. The maximum absolute atomic E-state index is 8.48. The minimum atomic E-state index is 0. The van der Waals surface area contributed by atoms with Crippen LogP contribution in [0.3, 0.4) is 0 Å². The zero-order valence-electron chi connectivity index (χ0n) is 18.0. The molecule has 0 atom stereocenters. The summed E-state index contributed by atoms with van der Waals surface area (Å²) in [7, 11) is 7.00. The van der Waals surface area contributed by atoms with Crippen molar-refractivity contribution in [3.05, 3.63) is 10.6 Å². The molecule has 0 fully saturated rings. The fraction of sp³-hybridized carbons (Fsp3) is 1.00. The quantitative estimate of drug-likeness (QED) is 0.171. The zero-order chi connectivity index (χ0) is 21.1. The number of rotatable bonds is 12. The molecule has 0 aliphatic rings. The van der Waals surface area contributed by atoms with E-state index in [1.165, 1.54) is 0 Å². The third-order valence-electron chi connectivity index (χ3n) is 2.50. The van der Waals surface area contributed by atoms with Gasteiger partial charge in [0.15, 0.2) is 0 Å². The normalized spacial score (nSPS) is 9.00. The van der Waals surface area contributed by atoms with E-state index in [1.807, 2.05) is 0 Å². The van der Waals surface area contributed by atoms with Gasteiger partial charge in [0.2, 0.25) is 0 Å². The molecule has 12 heteroatoms. The predicted molar refractivity (Wildman–Crippen MR) is 106 cm³/mol. The third-order valence-corrected chi connectivity index (χ3v) is 2.50. The molecule has 0 bridgehead atoms. The van der Waals surface area contributed by atoms with Gasteiger partial charge in [-0.3, -0.25) is 9.80 Å². The second-order valence-corrected chi connectivity index (χ2v) is 4.92. The van der Waals surface area contributed by atoms with Crippen molar-refractivity contribution in [2.24, 2.45) is 0 Å². The largest absolute Gasteiger partial charge is 0.668 e. The second-order valence-electron chi connectivity index (χ2n) is 4.92. The molecule has 0 saturated carbocycles. The van der Waals surface area contributed by atoms with E-state index in [9.17, 15) is 0 Å². The Kier molecular flexibility index (Phi) is 71.1. The monoisotopic (exact) mass is 482 g/mol. The molecule has 0 amide bonds. The summed E-state index contributed by atoms with van der Waals surface area (Å²) < 4.78 is 0. The first-order valence-corrected chi connectivity index (χ1v) is 8.58. The van der Waals surface area contributed by atoms with Gasteiger partial charge in [0.1, 0.15) is 0 Å². The number of aliphatic hydroxyl groups excluding tert-OH is 6. The molecule has 0 rings (SSSR count). The van der Waals surface area contributed by atoms with Gasteiger partial charge in [-0.1, -0.05) is 0 Å². The Labute approximate surface area is 201 Å². The van der Waals surface area contributed by atoms with E-state index in [0.717, 1.165) is 0 Å². The molecule has 0 unspecified atom stereocenters. The Morgan fingerprint density at radius 3 is 0.607 bits per heavy atom. The summed E-state index contributed by atoms with van der Waals surface area (Å²) in [6, 6.07) is 0. The van der Waals surface area contributed by atoms with Crippen molar-refractivity contribution < 1.29 is 74.1 Å². The zero-order valence-corrected chi connectivity index (χ0v) is 21.1. The molecule has 28 heavy (non-hydrogen) atoms. The molecular weight excluding hydrogens is 440 g/mol. The minimum absolute atomic E-state index is 0. The molecule has 172 valence electrons. The molecule has 10 nitrogen and oxygen atoms in total. The van der Waals surface area contributed by atoms with Crippen molar-refractivity contribution in [3.63, 3.8) is 0 Å². The fourth-order valence-electron chi connectivity index (χ4n) is 1.52. The van der Waals surface area contributed by atoms with Crippen molar-refractivity contribution in [1.29, 1.82) is 0 Å². The Morgan fingerprint density at radius 2 is 0.536 bits per heavy atom. The van der Waals surface area contributed by atoms with Crippen molar-refractivity contribution in [2.45, 2.75) is 0 Å². The number of nitrogens with zero attached hydrogens (tertiary/aromatic N) is 4. The van der Waals surface area contributed by atoms with Crippen molar-refractivity contribution in [2.75, 3.05) is 107 Å². The molecule has 0 aliphatic heterocycles. The Hall–Kier alpha value is 1.03.